The van der Waals surface area contributed by atoms with Crippen LogP contribution in [0.2, 0.25) is 0 Å². The van der Waals surface area contributed by atoms with Crippen molar-refractivity contribution in [3.05, 3.63) is 41.6 Å². The van der Waals surface area contributed by atoms with E-state index >= 15 is 0 Å². The molecule has 0 saturated carbocycles. The van der Waals surface area contributed by atoms with E-state index in [1.165, 1.54) is 5.56 Å². The predicted molar refractivity (Wildman–Crippen MR) is 103 cm³/mol. The van der Waals surface area contributed by atoms with Gasteiger partial charge >= 0.3 is 0 Å². The minimum absolute atomic E-state index is 0.0223. The highest BCUT2D eigenvalue weighted by Gasteiger charge is 2.31. The van der Waals surface area contributed by atoms with E-state index in [0.29, 0.717) is 48.8 Å². The molecule has 1 aromatic carbocycles. The van der Waals surface area contributed by atoms with Crippen molar-refractivity contribution in [2.45, 2.75) is 51.0 Å². The summed E-state index contributed by atoms with van der Waals surface area (Å²) >= 11 is 0. The van der Waals surface area contributed by atoms with Gasteiger partial charge in [0.25, 0.3) is 0 Å². The van der Waals surface area contributed by atoms with Gasteiger partial charge in [0.1, 0.15) is 0 Å². The molecule has 1 aliphatic rings. The van der Waals surface area contributed by atoms with E-state index in [2.05, 4.69) is 28.9 Å². The van der Waals surface area contributed by atoms with E-state index in [1.54, 1.807) is 23.4 Å². The van der Waals surface area contributed by atoms with Crippen LogP contribution < -0.4 is 0 Å². The van der Waals surface area contributed by atoms with Crippen molar-refractivity contribution in [3.63, 3.8) is 0 Å². The van der Waals surface area contributed by atoms with Crippen molar-refractivity contribution in [3.8, 4) is 0 Å². The summed E-state index contributed by atoms with van der Waals surface area (Å²) in [7, 11) is -3.47. The van der Waals surface area contributed by atoms with Crippen LogP contribution in [0.5, 0.6) is 0 Å². The van der Waals surface area contributed by atoms with Crippen LogP contribution in [-0.2, 0) is 10.0 Å². The van der Waals surface area contributed by atoms with Gasteiger partial charge in [-0.1, -0.05) is 26.0 Å². The first-order chi connectivity index (χ1) is 12.8. The molecule has 2 atom stereocenters. The molecule has 0 N–H and O–H groups in total. The zero-order chi connectivity index (χ0) is 19.6. The molecule has 1 saturated heterocycles. The molecule has 0 aliphatic carbocycles. The number of benzene rings is 1. The number of nitrogens with zero attached hydrogens (tertiary/aromatic N) is 4. The van der Waals surface area contributed by atoms with Gasteiger partial charge in [0.2, 0.25) is 21.8 Å². The molecule has 7 nitrogen and oxygen atoms in total. The molecule has 1 aliphatic heterocycles. The van der Waals surface area contributed by atoms with Crippen molar-refractivity contribution in [1.29, 1.82) is 0 Å². The van der Waals surface area contributed by atoms with Crippen LogP contribution in [0.3, 0.4) is 0 Å². The van der Waals surface area contributed by atoms with E-state index in [9.17, 15) is 8.42 Å². The topological polar surface area (TPSA) is 79.5 Å². The highest BCUT2D eigenvalue weighted by molar-refractivity contribution is 7.89. The normalized spacial score (nSPS) is 19.1. The summed E-state index contributed by atoms with van der Waals surface area (Å²) in [5.74, 6) is 1.54. The van der Waals surface area contributed by atoms with E-state index in [-0.39, 0.29) is 6.04 Å². The molecule has 0 spiro atoms. The Morgan fingerprint density at radius 1 is 1.07 bits per heavy atom. The first-order valence-corrected chi connectivity index (χ1v) is 10.9. The molecular formula is C19H28N4O3S. The maximum atomic E-state index is 13.0. The molecule has 27 heavy (non-hydrogen) atoms. The molecule has 1 fully saturated rings. The van der Waals surface area contributed by atoms with Crippen molar-refractivity contribution in [1.82, 2.24) is 19.4 Å². The van der Waals surface area contributed by atoms with E-state index in [4.69, 9.17) is 4.42 Å². The van der Waals surface area contributed by atoms with Gasteiger partial charge in [-0.15, -0.1) is 10.2 Å². The molecule has 2 heterocycles. The largest absolute Gasteiger partial charge is 0.424 e. The SMILES string of the molecule is CCC(C)c1ccc(S(=O)(=O)N2CCN(C(C)c3nnc(C)o3)CC2)cc1. The number of aryl methyl sites for hydroxylation is 1. The Bertz CT molecular complexity index is 855. The maximum Gasteiger partial charge on any atom is 0.243 e. The lowest BCUT2D eigenvalue weighted by molar-refractivity contribution is 0.128. The quantitative estimate of drug-likeness (QED) is 0.752. The maximum absolute atomic E-state index is 13.0. The fourth-order valence-corrected chi connectivity index (χ4v) is 4.74. The number of rotatable bonds is 6. The van der Waals surface area contributed by atoms with E-state index in [1.807, 2.05) is 19.1 Å². The average Bonchev–Trinajstić information content (AvgIpc) is 3.13. The van der Waals surface area contributed by atoms with Crippen molar-refractivity contribution < 1.29 is 12.8 Å². The molecule has 0 amide bonds. The Morgan fingerprint density at radius 3 is 2.22 bits per heavy atom. The van der Waals surface area contributed by atoms with Gasteiger partial charge in [0, 0.05) is 33.1 Å². The lowest BCUT2D eigenvalue weighted by Crippen LogP contribution is -2.49. The van der Waals surface area contributed by atoms with Crippen LogP contribution in [0.1, 0.15) is 56.5 Å². The first-order valence-electron chi connectivity index (χ1n) is 9.47. The van der Waals surface area contributed by atoms with Crippen LogP contribution in [0, 0.1) is 6.92 Å². The van der Waals surface area contributed by atoms with Crippen LogP contribution in [0.15, 0.2) is 33.6 Å². The number of aromatic nitrogens is 2. The summed E-state index contributed by atoms with van der Waals surface area (Å²) in [5, 5.41) is 7.95. The average molecular weight is 393 g/mol. The fourth-order valence-electron chi connectivity index (χ4n) is 3.32. The van der Waals surface area contributed by atoms with Crippen LogP contribution in [-0.4, -0.2) is 54.0 Å². The highest BCUT2D eigenvalue weighted by Crippen LogP contribution is 2.25. The van der Waals surface area contributed by atoms with Crippen molar-refractivity contribution in [2.75, 3.05) is 26.2 Å². The van der Waals surface area contributed by atoms with E-state index in [0.717, 1.165) is 6.42 Å². The third-order valence-electron chi connectivity index (χ3n) is 5.42. The minimum atomic E-state index is -3.47. The van der Waals surface area contributed by atoms with Gasteiger partial charge in [-0.05, 0) is 37.0 Å². The Hall–Kier alpha value is -1.77. The van der Waals surface area contributed by atoms with Gasteiger partial charge < -0.3 is 4.42 Å². The monoisotopic (exact) mass is 392 g/mol. The fraction of sp³-hybridized carbons (Fsp3) is 0.579. The standard InChI is InChI=1S/C19H28N4O3S/c1-5-14(2)17-6-8-18(9-7-17)27(24,25)23-12-10-22(11-13-23)15(3)19-21-20-16(4)26-19/h6-9,14-15H,5,10-13H2,1-4H3. The zero-order valence-corrected chi connectivity index (χ0v) is 17.2. The third kappa shape index (κ3) is 4.23. The summed E-state index contributed by atoms with van der Waals surface area (Å²) in [5.41, 5.74) is 1.17. The lowest BCUT2D eigenvalue weighted by Gasteiger charge is -2.36. The predicted octanol–water partition coefficient (Wildman–Crippen LogP) is 2.96. The third-order valence-corrected chi connectivity index (χ3v) is 7.33. The summed E-state index contributed by atoms with van der Waals surface area (Å²) < 4.78 is 33.0. The van der Waals surface area contributed by atoms with Crippen molar-refractivity contribution in [2.24, 2.45) is 0 Å². The lowest BCUT2D eigenvalue weighted by atomic mass is 9.99. The molecule has 2 aromatic rings. The smallest absolute Gasteiger partial charge is 0.243 e. The Morgan fingerprint density at radius 2 is 1.70 bits per heavy atom. The first kappa shape index (κ1) is 20.0. The van der Waals surface area contributed by atoms with Crippen LogP contribution >= 0.6 is 0 Å². The molecule has 1 aromatic heterocycles. The molecule has 8 heteroatoms. The molecule has 148 valence electrons. The van der Waals surface area contributed by atoms with Gasteiger partial charge in [0.05, 0.1) is 10.9 Å². The Balaban J connectivity index is 1.65. The molecule has 3 rings (SSSR count). The van der Waals surface area contributed by atoms with Gasteiger partial charge in [-0.25, -0.2) is 8.42 Å². The van der Waals surface area contributed by atoms with Gasteiger partial charge in [-0.2, -0.15) is 4.31 Å². The van der Waals surface area contributed by atoms with Gasteiger partial charge in [0.15, 0.2) is 0 Å². The van der Waals surface area contributed by atoms with Gasteiger partial charge in [-0.3, -0.25) is 4.90 Å². The summed E-state index contributed by atoms with van der Waals surface area (Å²) in [4.78, 5) is 2.54. The molecule has 0 bridgehead atoms. The minimum Gasteiger partial charge on any atom is -0.424 e. The van der Waals surface area contributed by atoms with E-state index < -0.39 is 10.0 Å². The van der Waals surface area contributed by atoms with Crippen LogP contribution in [0.4, 0.5) is 0 Å². The second-order valence-electron chi connectivity index (χ2n) is 7.15. The Labute approximate surface area is 161 Å². The molecular weight excluding hydrogens is 364 g/mol. The summed E-state index contributed by atoms with van der Waals surface area (Å²) in [6.07, 6.45) is 1.03. The number of hydrogen-bond donors (Lipinski definition) is 0. The second kappa shape index (κ2) is 8.08. The zero-order valence-electron chi connectivity index (χ0n) is 16.4. The summed E-state index contributed by atoms with van der Waals surface area (Å²) in [6.45, 7) is 10.2. The number of sulfonamides is 1. The van der Waals surface area contributed by atoms with Crippen molar-refractivity contribution >= 4 is 10.0 Å². The highest BCUT2D eigenvalue weighted by atomic mass is 32.2. The number of hydrogen-bond acceptors (Lipinski definition) is 6. The van der Waals surface area contributed by atoms with Crippen LogP contribution in [0.25, 0.3) is 0 Å². The molecule has 2 unspecified atom stereocenters. The molecule has 0 radical (unpaired) electrons. The summed E-state index contributed by atoms with van der Waals surface area (Å²) in [6, 6.07) is 7.29. The second-order valence-corrected chi connectivity index (χ2v) is 9.09. The number of piperazine rings is 1. The Kier molecular flexibility index (Phi) is 5.98.